The highest BCUT2D eigenvalue weighted by molar-refractivity contribution is 4.68. The van der Waals surface area contributed by atoms with E-state index in [0.29, 0.717) is 0 Å². The van der Waals surface area contributed by atoms with E-state index in [-0.39, 0.29) is 13.1 Å². The highest BCUT2D eigenvalue weighted by atomic mass is 19.4. The molecule has 8 heteroatoms. The van der Waals surface area contributed by atoms with Crippen LogP contribution in [0, 0.1) is 6.54 Å². The van der Waals surface area contributed by atoms with E-state index in [4.69, 9.17) is 0 Å². The van der Waals surface area contributed by atoms with Crippen molar-refractivity contribution in [3.8, 4) is 0 Å². The second kappa shape index (κ2) is 6.16. The first-order chi connectivity index (χ1) is 6.71. The highest BCUT2D eigenvalue weighted by Gasteiger charge is 2.26. The molecular formula is C7H11F6N2. The maximum absolute atomic E-state index is 11.6. The van der Waals surface area contributed by atoms with Crippen LogP contribution in [0.5, 0.6) is 0 Å². The third-order valence-electron chi connectivity index (χ3n) is 1.27. The monoisotopic (exact) mass is 237 g/mol. The predicted molar refractivity (Wildman–Crippen MR) is 41.9 cm³/mol. The smallest absolute Gasteiger partial charge is 0.311 e. The quantitative estimate of drug-likeness (QED) is 0.544. The first-order valence-corrected chi connectivity index (χ1v) is 4.10. The maximum atomic E-state index is 11.6. The fourth-order valence-corrected chi connectivity index (χ4v) is 0.674. The molecule has 0 heterocycles. The van der Waals surface area contributed by atoms with Gasteiger partial charge >= 0.3 is 12.4 Å². The lowest BCUT2D eigenvalue weighted by atomic mass is 10.4. The first kappa shape index (κ1) is 14.5. The molecule has 0 aromatic heterocycles. The van der Waals surface area contributed by atoms with Crippen LogP contribution in [0.3, 0.4) is 0 Å². The summed E-state index contributed by atoms with van der Waals surface area (Å²) in [6, 6.07) is 0. The molecule has 0 saturated carbocycles. The molecule has 0 amide bonds. The molecule has 0 aliphatic rings. The van der Waals surface area contributed by atoms with Gasteiger partial charge in [0.15, 0.2) is 0 Å². The second-order valence-corrected chi connectivity index (χ2v) is 2.77. The number of halogens is 6. The Morgan fingerprint density at radius 1 is 0.933 bits per heavy atom. The van der Waals surface area contributed by atoms with Crippen molar-refractivity contribution in [2.75, 3.05) is 19.6 Å². The van der Waals surface area contributed by atoms with Gasteiger partial charge < -0.3 is 10.6 Å². The Labute approximate surface area is 83.0 Å². The molecular weight excluding hydrogens is 226 g/mol. The van der Waals surface area contributed by atoms with E-state index in [1.54, 1.807) is 0 Å². The number of nitrogens with one attached hydrogen (secondary N) is 2. The summed E-state index contributed by atoms with van der Waals surface area (Å²) in [6.45, 7) is -0.517. The van der Waals surface area contributed by atoms with E-state index in [2.05, 4.69) is 5.32 Å². The van der Waals surface area contributed by atoms with E-state index in [0.717, 1.165) is 6.54 Å². The molecule has 0 rings (SSSR count). The third-order valence-corrected chi connectivity index (χ3v) is 1.27. The standard InChI is InChI=1S/C7H11F6N2/c8-6(9,10)1-2-14-3-4-15-5-7(11,12)13/h3,14-15H,1-2,4-5H2. The number of alkyl halides is 6. The Balaban J connectivity index is 3.20. The zero-order valence-corrected chi connectivity index (χ0v) is 7.67. The number of hydrogen-bond donors (Lipinski definition) is 2. The van der Waals surface area contributed by atoms with E-state index in [9.17, 15) is 26.3 Å². The van der Waals surface area contributed by atoms with Gasteiger partial charge in [-0.15, -0.1) is 0 Å². The lowest BCUT2D eigenvalue weighted by molar-refractivity contribution is -0.133. The number of rotatable bonds is 6. The lowest BCUT2D eigenvalue weighted by Gasteiger charge is -2.09. The van der Waals surface area contributed by atoms with Crippen LogP contribution in [0.25, 0.3) is 0 Å². The Hall–Kier alpha value is -0.500. The predicted octanol–water partition coefficient (Wildman–Crippen LogP) is 1.84. The molecule has 0 saturated heterocycles. The summed E-state index contributed by atoms with van der Waals surface area (Å²) in [5, 5.41) is 4.25. The summed E-state index contributed by atoms with van der Waals surface area (Å²) in [5.41, 5.74) is 0. The van der Waals surface area contributed by atoms with Gasteiger partial charge in [0.1, 0.15) is 0 Å². The Bertz CT molecular complexity index is 146. The van der Waals surface area contributed by atoms with Crippen molar-refractivity contribution in [2.45, 2.75) is 18.8 Å². The Morgan fingerprint density at radius 2 is 1.53 bits per heavy atom. The van der Waals surface area contributed by atoms with Crippen LogP contribution >= 0.6 is 0 Å². The van der Waals surface area contributed by atoms with Crippen molar-refractivity contribution in [3.05, 3.63) is 6.54 Å². The normalized spacial score (nSPS) is 13.2. The molecule has 0 bridgehead atoms. The SMILES string of the molecule is FC(F)(F)CCN[CH]CNCC(F)(F)F. The van der Waals surface area contributed by atoms with E-state index < -0.39 is 25.3 Å². The summed E-state index contributed by atoms with van der Waals surface area (Å²) in [4.78, 5) is 0. The van der Waals surface area contributed by atoms with Gasteiger partial charge in [0.2, 0.25) is 0 Å². The molecule has 1 radical (unpaired) electrons. The second-order valence-electron chi connectivity index (χ2n) is 2.77. The van der Waals surface area contributed by atoms with Gasteiger partial charge in [0, 0.05) is 19.6 Å². The summed E-state index contributed by atoms with van der Waals surface area (Å²) >= 11 is 0. The van der Waals surface area contributed by atoms with Crippen molar-refractivity contribution in [1.82, 2.24) is 10.6 Å². The highest BCUT2D eigenvalue weighted by Crippen LogP contribution is 2.18. The minimum Gasteiger partial charge on any atom is -0.311 e. The van der Waals surface area contributed by atoms with Crippen LogP contribution < -0.4 is 10.6 Å². The van der Waals surface area contributed by atoms with Gasteiger partial charge in [-0.2, -0.15) is 26.3 Å². The number of hydrogen-bond acceptors (Lipinski definition) is 2. The summed E-state index contributed by atoms with van der Waals surface area (Å²) < 4.78 is 69.3. The molecule has 2 N–H and O–H groups in total. The van der Waals surface area contributed by atoms with Crippen LogP contribution in [0.1, 0.15) is 6.42 Å². The molecule has 2 nitrogen and oxygen atoms in total. The van der Waals surface area contributed by atoms with E-state index >= 15 is 0 Å². The van der Waals surface area contributed by atoms with Crippen molar-refractivity contribution in [2.24, 2.45) is 0 Å². The van der Waals surface area contributed by atoms with Gasteiger partial charge in [-0.25, -0.2) is 0 Å². The molecule has 0 atom stereocenters. The average molecular weight is 237 g/mol. The van der Waals surface area contributed by atoms with Crippen LogP contribution in [-0.2, 0) is 0 Å². The van der Waals surface area contributed by atoms with Crippen molar-refractivity contribution in [1.29, 1.82) is 0 Å². The van der Waals surface area contributed by atoms with Crippen LogP contribution in [0.15, 0.2) is 0 Å². The topological polar surface area (TPSA) is 24.1 Å². The minimum absolute atomic E-state index is 0.142. The molecule has 91 valence electrons. The van der Waals surface area contributed by atoms with E-state index in [1.807, 2.05) is 5.32 Å². The van der Waals surface area contributed by atoms with Crippen molar-refractivity contribution in [3.63, 3.8) is 0 Å². The zero-order valence-electron chi connectivity index (χ0n) is 7.67. The molecule has 0 aromatic carbocycles. The molecule has 0 aliphatic carbocycles. The van der Waals surface area contributed by atoms with Crippen molar-refractivity contribution < 1.29 is 26.3 Å². The minimum atomic E-state index is -4.31. The molecule has 0 fully saturated rings. The van der Waals surface area contributed by atoms with Gasteiger partial charge in [-0.3, -0.25) is 0 Å². The zero-order chi connectivity index (χ0) is 11.9. The fourth-order valence-electron chi connectivity index (χ4n) is 0.674. The molecule has 15 heavy (non-hydrogen) atoms. The summed E-state index contributed by atoms with van der Waals surface area (Å²) in [5.74, 6) is 0. The molecule has 0 unspecified atom stereocenters. The summed E-state index contributed by atoms with van der Waals surface area (Å²) in [6.07, 6.45) is -9.57. The molecule has 0 spiro atoms. The largest absolute Gasteiger partial charge is 0.401 e. The lowest BCUT2D eigenvalue weighted by Crippen LogP contribution is -2.32. The third kappa shape index (κ3) is 13.5. The van der Waals surface area contributed by atoms with Crippen LogP contribution in [-0.4, -0.2) is 32.0 Å². The van der Waals surface area contributed by atoms with Crippen LogP contribution in [0.4, 0.5) is 26.3 Å². The maximum Gasteiger partial charge on any atom is 0.401 e. The van der Waals surface area contributed by atoms with Gasteiger partial charge in [0.25, 0.3) is 0 Å². The van der Waals surface area contributed by atoms with Crippen molar-refractivity contribution >= 4 is 0 Å². The average Bonchev–Trinajstić information content (AvgIpc) is 1.98. The van der Waals surface area contributed by atoms with Gasteiger partial charge in [-0.1, -0.05) is 0 Å². The first-order valence-electron chi connectivity index (χ1n) is 4.10. The van der Waals surface area contributed by atoms with Crippen LogP contribution in [0.2, 0.25) is 0 Å². The van der Waals surface area contributed by atoms with Gasteiger partial charge in [-0.05, 0) is 0 Å². The van der Waals surface area contributed by atoms with Gasteiger partial charge in [0.05, 0.1) is 13.0 Å². The molecule has 0 aliphatic heterocycles. The Kier molecular flexibility index (Phi) is 5.96. The summed E-state index contributed by atoms with van der Waals surface area (Å²) in [7, 11) is 0. The Morgan fingerprint density at radius 3 is 2.00 bits per heavy atom. The fraction of sp³-hybridized carbons (Fsp3) is 0.857. The van der Waals surface area contributed by atoms with E-state index in [1.165, 1.54) is 0 Å². The molecule has 0 aromatic rings.